The zero-order valence-corrected chi connectivity index (χ0v) is 18.9. The standard InChI is InChI=1S/C26H25N3O3S/c30-26(20-33(31,32)18-10-13-21-11-4-1-5-12-21)27-25-19-24(22-14-6-2-7-15-22)28-29(25)23-16-8-3-9-17-23/h1-9,11-12,14-17,19H,10,13,18,20H2,(H,27,30). The Kier molecular flexibility index (Phi) is 7.00. The average molecular weight is 460 g/mol. The van der Waals surface area contributed by atoms with Crippen LogP contribution in [0.25, 0.3) is 16.9 Å². The fourth-order valence-electron chi connectivity index (χ4n) is 3.58. The van der Waals surface area contributed by atoms with Crippen molar-refractivity contribution in [2.45, 2.75) is 12.8 Å². The molecule has 0 fully saturated rings. The summed E-state index contributed by atoms with van der Waals surface area (Å²) in [5.74, 6) is -0.763. The highest BCUT2D eigenvalue weighted by Gasteiger charge is 2.19. The second-order valence-electron chi connectivity index (χ2n) is 7.76. The molecule has 1 aromatic heterocycles. The van der Waals surface area contributed by atoms with Crippen LogP contribution < -0.4 is 5.32 Å². The molecule has 4 aromatic rings. The molecule has 1 amide bonds. The normalized spacial score (nSPS) is 11.3. The molecule has 0 atom stereocenters. The molecular formula is C26H25N3O3S. The lowest BCUT2D eigenvalue weighted by atomic mass is 10.1. The molecule has 1 heterocycles. The molecule has 7 heteroatoms. The zero-order valence-electron chi connectivity index (χ0n) is 18.1. The van der Waals surface area contributed by atoms with Crippen LogP contribution in [0.4, 0.5) is 5.82 Å². The molecule has 0 aliphatic rings. The molecule has 0 aliphatic carbocycles. The molecule has 0 saturated heterocycles. The number of carbonyl (C=O) groups is 1. The van der Waals surface area contributed by atoms with Gasteiger partial charge in [0.1, 0.15) is 11.6 Å². The smallest absolute Gasteiger partial charge is 0.240 e. The van der Waals surface area contributed by atoms with Gasteiger partial charge in [0.05, 0.1) is 17.1 Å². The number of aromatic nitrogens is 2. The molecule has 0 unspecified atom stereocenters. The van der Waals surface area contributed by atoms with Crippen molar-refractivity contribution in [1.29, 1.82) is 0 Å². The van der Waals surface area contributed by atoms with Gasteiger partial charge in [-0.25, -0.2) is 13.1 Å². The van der Waals surface area contributed by atoms with Gasteiger partial charge in [-0.15, -0.1) is 0 Å². The maximum Gasteiger partial charge on any atom is 0.240 e. The van der Waals surface area contributed by atoms with Gasteiger partial charge in [-0.05, 0) is 30.5 Å². The van der Waals surface area contributed by atoms with Crippen LogP contribution >= 0.6 is 0 Å². The van der Waals surface area contributed by atoms with Crippen molar-refractivity contribution in [2.75, 3.05) is 16.8 Å². The van der Waals surface area contributed by atoms with E-state index in [1.165, 1.54) is 0 Å². The molecule has 4 rings (SSSR count). The second kappa shape index (κ2) is 10.3. The maximum absolute atomic E-state index is 12.7. The van der Waals surface area contributed by atoms with E-state index in [1.54, 1.807) is 10.7 Å². The van der Waals surface area contributed by atoms with Crippen molar-refractivity contribution in [3.63, 3.8) is 0 Å². The van der Waals surface area contributed by atoms with Gasteiger partial charge >= 0.3 is 0 Å². The lowest BCUT2D eigenvalue weighted by Crippen LogP contribution is -2.26. The van der Waals surface area contributed by atoms with Crippen molar-refractivity contribution >= 4 is 21.6 Å². The Morgan fingerprint density at radius 3 is 2.12 bits per heavy atom. The highest BCUT2D eigenvalue weighted by molar-refractivity contribution is 7.92. The third kappa shape index (κ3) is 6.17. The third-order valence-electron chi connectivity index (χ3n) is 5.16. The summed E-state index contributed by atoms with van der Waals surface area (Å²) < 4.78 is 26.7. The maximum atomic E-state index is 12.7. The van der Waals surface area contributed by atoms with Gasteiger partial charge in [-0.1, -0.05) is 78.9 Å². The van der Waals surface area contributed by atoms with E-state index in [4.69, 9.17) is 0 Å². The largest absolute Gasteiger partial charge is 0.310 e. The number of para-hydroxylation sites is 1. The number of rotatable bonds is 9. The van der Waals surface area contributed by atoms with Gasteiger partial charge in [0.15, 0.2) is 9.84 Å². The number of sulfone groups is 1. The van der Waals surface area contributed by atoms with Crippen LogP contribution in [-0.2, 0) is 21.1 Å². The van der Waals surface area contributed by atoms with Gasteiger partial charge < -0.3 is 5.32 Å². The van der Waals surface area contributed by atoms with Crippen molar-refractivity contribution in [3.05, 3.63) is 103 Å². The Labute approximate surface area is 193 Å². The predicted molar refractivity (Wildman–Crippen MR) is 131 cm³/mol. The molecule has 0 bridgehead atoms. The van der Waals surface area contributed by atoms with Crippen molar-refractivity contribution < 1.29 is 13.2 Å². The summed E-state index contributed by atoms with van der Waals surface area (Å²) in [7, 11) is -3.54. The number of anilines is 1. The van der Waals surface area contributed by atoms with Crippen molar-refractivity contribution in [2.24, 2.45) is 0 Å². The minimum atomic E-state index is -3.54. The van der Waals surface area contributed by atoms with E-state index in [1.807, 2.05) is 91.0 Å². The van der Waals surface area contributed by atoms with E-state index in [0.717, 1.165) is 16.8 Å². The summed E-state index contributed by atoms with van der Waals surface area (Å²) in [4.78, 5) is 12.7. The van der Waals surface area contributed by atoms with Gasteiger partial charge in [0.2, 0.25) is 5.91 Å². The minimum Gasteiger partial charge on any atom is -0.310 e. The molecule has 0 spiro atoms. The molecule has 33 heavy (non-hydrogen) atoms. The monoisotopic (exact) mass is 459 g/mol. The van der Waals surface area contributed by atoms with Crippen molar-refractivity contribution in [3.8, 4) is 16.9 Å². The van der Waals surface area contributed by atoms with Gasteiger partial charge in [0.25, 0.3) is 0 Å². The van der Waals surface area contributed by atoms with E-state index >= 15 is 0 Å². The third-order valence-corrected chi connectivity index (χ3v) is 6.77. The van der Waals surface area contributed by atoms with Crippen LogP contribution in [0.15, 0.2) is 97.1 Å². The molecular weight excluding hydrogens is 434 g/mol. The van der Waals surface area contributed by atoms with Gasteiger partial charge in [-0.3, -0.25) is 4.79 Å². The van der Waals surface area contributed by atoms with E-state index in [9.17, 15) is 13.2 Å². The summed E-state index contributed by atoms with van der Waals surface area (Å²) in [6, 6.07) is 30.5. The highest BCUT2D eigenvalue weighted by Crippen LogP contribution is 2.24. The van der Waals surface area contributed by atoms with Crippen molar-refractivity contribution in [1.82, 2.24) is 9.78 Å². The molecule has 1 N–H and O–H groups in total. The fraction of sp³-hybridized carbons (Fsp3) is 0.154. The Hall–Kier alpha value is -3.71. The lowest BCUT2D eigenvalue weighted by molar-refractivity contribution is -0.113. The Morgan fingerprint density at radius 1 is 0.848 bits per heavy atom. The number of nitrogens with zero attached hydrogens (tertiary/aromatic N) is 2. The summed E-state index contributed by atoms with van der Waals surface area (Å²) in [6.07, 6.45) is 1.13. The molecule has 0 aliphatic heterocycles. The zero-order chi connectivity index (χ0) is 23.1. The van der Waals surface area contributed by atoms with E-state index in [2.05, 4.69) is 10.4 Å². The summed E-state index contributed by atoms with van der Waals surface area (Å²) in [5.41, 5.74) is 3.43. The van der Waals surface area contributed by atoms with Crippen LogP contribution in [0.1, 0.15) is 12.0 Å². The highest BCUT2D eigenvalue weighted by atomic mass is 32.2. The summed E-state index contributed by atoms with van der Waals surface area (Å²) in [6.45, 7) is 0. The number of carbonyl (C=O) groups excluding carboxylic acids is 1. The SMILES string of the molecule is O=C(CS(=O)(=O)CCCc1ccccc1)Nc1cc(-c2ccccc2)nn1-c1ccccc1. The van der Waals surface area contributed by atoms with Crippen LogP contribution in [-0.4, -0.2) is 35.6 Å². The first kappa shape index (κ1) is 22.5. The lowest BCUT2D eigenvalue weighted by Gasteiger charge is -2.09. The molecule has 0 radical (unpaired) electrons. The fourth-order valence-corrected chi connectivity index (χ4v) is 4.78. The van der Waals surface area contributed by atoms with E-state index < -0.39 is 21.5 Å². The summed E-state index contributed by atoms with van der Waals surface area (Å²) >= 11 is 0. The number of amides is 1. The molecule has 6 nitrogen and oxygen atoms in total. The van der Waals surface area contributed by atoms with E-state index in [0.29, 0.717) is 24.4 Å². The topological polar surface area (TPSA) is 81.1 Å². The van der Waals surface area contributed by atoms with Crippen LogP contribution in [0.2, 0.25) is 0 Å². The van der Waals surface area contributed by atoms with E-state index in [-0.39, 0.29) is 5.75 Å². The number of nitrogens with one attached hydrogen (secondary N) is 1. The van der Waals surface area contributed by atoms with Gasteiger partial charge in [-0.2, -0.15) is 5.10 Å². The number of hydrogen-bond acceptors (Lipinski definition) is 4. The Bertz CT molecular complexity index is 1300. The quantitative estimate of drug-likeness (QED) is 0.399. The molecule has 0 saturated carbocycles. The first-order valence-electron chi connectivity index (χ1n) is 10.8. The average Bonchev–Trinajstić information content (AvgIpc) is 3.24. The second-order valence-corrected chi connectivity index (χ2v) is 9.94. The van der Waals surface area contributed by atoms with Gasteiger partial charge in [0, 0.05) is 11.6 Å². The predicted octanol–water partition coefficient (Wildman–Crippen LogP) is 4.53. The van der Waals surface area contributed by atoms with Crippen LogP contribution in [0.5, 0.6) is 0 Å². The Balaban J connectivity index is 1.47. The first-order valence-corrected chi connectivity index (χ1v) is 12.6. The van der Waals surface area contributed by atoms with Crippen LogP contribution in [0, 0.1) is 0 Å². The summed E-state index contributed by atoms with van der Waals surface area (Å²) in [5, 5.41) is 7.38. The first-order chi connectivity index (χ1) is 16.0. The number of aryl methyl sites for hydroxylation is 1. The Morgan fingerprint density at radius 2 is 1.45 bits per heavy atom. The minimum absolute atomic E-state index is 0.0392. The van der Waals surface area contributed by atoms with Crippen LogP contribution in [0.3, 0.4) is 0 Å². The number of benzene rings is 3. The molecule has 168 valence electrons. The molecule has 3 aromatic carbocycles. The number of hydrogen-bond donors (Lipinski definition) is 1.